The molecular weight excluding hydrogens is 242 g/mol. The molecule has 104 valence electrons. The number of carbonyl (C=O) groups excluding carboxylic acids is 1. The third-order valence-corrected chi connectivity index (χ3v) is 2.82. The number of amides is 1. The van der Waals surface area contributed by atoms with E-state index >= 15 is 0 Å². The molecule has 5 nitrogen and oxygen atoms in total. The molecule has 0 radical (unpaired) electrons. The monoisotopic (exact) mass is 263 g/mol. The number of rotatable bonds is 7. The average molecular weight is 263 g/mol. The summed E-state index contributed by atoms with van der Waals surface area (Å²) >= 11 is 0. The summed E-state index contributed by atoms with van der Waals surface area (Å²) in [6.45, 7) is 2.86. The lowest BCUT2D eigenvalue weighted by Crippen LogP contribution is -2.26. The molecule has 19 heavy (non-hydrogen) atoms. The zero-order chi connectivity index (χ0) is 14.1. The van der Waals surface area contributed by atoms with Crippen LogP contribution in [0.5, 0.6) is 0 Å². The molecule has 0 saturated heterocycles. The fourth-order valence-corrected chi connectivity index (χ4v) is 1.70. The van der Waals surface area contributed by atoms with Gasteiger partial charge in [0.15, 0.2) is 5.84 Å². The normalized spacial score (nSPS) is 11.3. The summed E-state index contributed by atoms with van der Waals surface area (Å²) in [5.74, 6) is 0.0863. The largest absolute Gasteiger partial charge is 0.409 e. The molecule has 0 aliphatic rings. The maximum Gasteiger partial charge on any atom is 0.224 e. The Kier molecular flexibility index (Phi) is 6.43. The number of hydrogen-bond donors (Lipinski definition) is 3. The number of unbranched alkanes of at least 4 members (excludes halogenated alkanes) is 2. The maximum absolute atomic E-state index is 11.7. The van der Waals surface area contributed by atoms with Gasteiger partial charge in [0.2, 0.25) is 5.91 Å². The molecular formula is C14H21N3O2. The first-order valence-electron chi connectivity index (χ1n) is 6.51. The Morgan fingerprint density at radius 1 is 1.32 bits per heavy atom. The Morgan fingerprint density at radius 2 is 2.00 bits per heavy atom. The summed E-state index contributed by atoms with van der Waals surface area (Å²) in [4.78, 5) is 11.7. The lowest BCUT2D eigenvalue weighted by molar-refractivity contribution is -0.120. The summed E-state index contributed by atoms with van der Waals surface area (Å²) in [5.41, 5.74) is 7.00. The minimum Gasteiger partial charge on any atom is -0.409 e. The van der Waals surface area contributed by atoms with Crippen LogP contribution in [0.25, 0.3) is 0 Å². The topological polar surface area (TPSA) is 87.7 Å². The van der Waals surface area contributed by atoms with E-state index in [2.05, 4.69) is 17.4 Å². The van der Waals surface area contributed by atoms with Crippen molar-refractivity contribution in [2.75, 3.05) is 6.54 Å². The summed E-state index contributed by atoms with van der Waals surface area (Å²) < 4.78 is 0. The summed E-state index contributed by atoms with van der Waals surface area (Å²) in [6, 6.07) is 7.07. The number of benzene rings is 1. The second-order valence-electron chi connectivity index (χ2n) is 4.42. The Hall–Kier alpha value is -2.04. The minimum atomic E-state index is 0.0210. The highest BCUT2D eigenvalue weighted by molar-refractivity contribution is 5.97. The van der Waals surface area contributed by atoms with E-state index in [9.17, 15) is 4.79 Å². The van der Waals surface area contributed by atoms with Gasteiger partial charge in [-0.2, -0.15) is 0 Å². The smallest absolute Gasteiger partial charge is 0.224 e. The molecule has 0 unspecified atom stereocenters. The molecule has 1 aromatic carbocycles. The van der Waals surface area contributed by atoms with Gasteiger partial charge in [-0.3, -0.25) is 4.79 Å². The van der Waals surface area contributed by atoms with Crippen LogP contribution in [-0.4, -0.2) is 23.5 Å². The molecule has 0 atom stereocenters. The molecule has 0 heterocycles. The molecule has 5 heteroatoms. The number of nitrogens with one attached hydrogen (secondary N) is 1. The Balaban J connectivity index is 2.42. The van der Waals surface area contributed by atoms with Crippen LogP contribution < -0.4 is 11.1 Å². The van der Waals surface area contributed by atoms with Crippen LogP contribution >= 0.6 is 0 Å². The van der Waals surface area contributed by atoms with Crippen molar-refractivity contribution in [3.05, 3.63) is 35.4 Å². The van der Waals surface area contributed by atoms with Gasteiger partial charge >= 0.3 is 0 Å². The molecule has 0 spiro atoms. The van der Waals surface area contributed by atoms with Crippen molar-refractivity contribution in [1.82, 2.24) is 5.32 Å². The maximum atomic E-state index is 11.7. The number of hydrogen-bond acceptors (Lipinski definition) is 3. The van der Waals surface area contributed by atoms with Gasteiger partial charge < -0.3 is 16.3 Å². The van der Waals surface area contributed by atoms with E-state index in [4.69, 9.17) is 10.9 Å². The standard InChI is InChI=1S/C14H21N3O2/c1-2-3-4-9-16-13(18)10-11-5-7-12(8-6-11)14(15)17-19/h5-8,19H,2-4,9-10H2,1H3,(H2,15,17)(H,16,18). The first kappa shape index (κ1) is 15.0. The number of amidine groups is 1. The SMILES string of the molecule is CCCCCNC(=O)Cc1ccc(C(N)=NO)cc1. The third kappa shape index (κ3) is 5.42. The predicted octanol–water partition coefficient (Wildman–Crippen LogP) is 1.63. The number of nitrogens with zero attached hydrogens (tertiary/aromatic N) is 1. The van der Waals surface area contributed by atoms with E-state index < -0.39 is 0 Å². The third-order valence-electron chi connectivity index (χ3n) is 2.82. The van der Waals surface area contributed by atoms with Crippen molar-refractivity contribution in [1.29, 1.82) is 0 Å². The quantitative estimate of drug-likeness (QED) is 0.230. The van der Waals surface area contributed by atoms with Crippen LogP contribution in [0, 0.1) is 0 Å². The summed E-state index contributed by atoms with van der Waals surface area (Å²) in [6.07, 6.45) is 3.65. The molecule has 0 aliphatic heterocycles. The molecule has 0 saturated carbocycles. The Bertz CT molecular complexity index is 427. The van der Waals surface area contributed by atoms with Gasteiger partial charge in [0.25, 0.3) is 0 Å². The van der Waals surface area contributed by atoms with E-state index in [0.717, 1.165) is 31.4 Å². The van der Waals surface area contributed by atoms with Crippen LogP contribution in [0.2, 0.25) is 0 Å². The van der Waals surface area contributed by atoms with E-state index in [1.807, 2.05) is 0 Å². The Morgan fingerprint density at radius 3 is 2.58 bits per heavy atom. The highest BCUT2D eigenvalue weighted by Crippen LogP contribution is 2.05. The summed E-state index contributed by atoms with van der Waals surface area (Å²) in [5, 5.41) is 14.4. The lowest BCUT2D eigenvalue weighted by Gasteiger charge is -2.05. The van der Waals surface area contributed by atoms with Gasteiger partial charge in [0, 0.05) is 12.1 Å². The zero-order valence-corrected chi connectivity index (χ0v) is 11.2. The molecule has 1 aromatic rings. The fourth-order valence-electron chi connectivity index (χ4n) is 1.70. The number of carbonyl (C=O) groups is 1. The fraction of sp³-hybridized carbons (Fsp3) is 0.429. The molecule has 0 bridgehead atoms. The first-order valence-corrected chi connectivity index (χ1v) is 6.51. The summed E-state index contributed by atoms with van der Waals surface area (Å²) in [7, 11) is 0. The van der Waals surface area contributed by atoms with E-state index in [0.29, 0.717) is 12.0 Å². The van der Waals surface area contributed by atoms with Gasteiger partial charge in [-0.05, 0) is 12.0 Å². The van der Waals surface area contributed by atoms with Crippen LogP contribution in [0.15, 0.2) is 29.4 Å². The van der Waals surface area contributed by atoms with Crippen molar-refractivity contribution < 1.29 is 10.0 Å². The van der Waals surface area contributed by atoms with Gasteiger partial charge in [-0.15, -0.1) is 0 Å². The van der Waals surface area contributed by atoms with Gasteiger partial charge in [0.1, 0.15) is 0 Å². The molecule has 0 fully saturated rings. The first-order chi connectivity index (χ1) is 9.17. The molecule has 0 aromatic heterocycles. The number of oxime groups is 1. The van der Waals surface area contributed by atoms with E-state index in [-0.39, 0.29) is 11.7 Å². The minimum absolute atomic E-state index is 0.0210. The van der Waals surface area contributed by atoms with Gasteiger partial charge in [-0.25, -0.2) is 0 Å². The van der Waals surface area contributed by atoms with Crippen molar-refractivity contribution in [3.63, 3.8) is 0 Å². The molecule has 0 aliphatic carbocycles. The van der Waals surface area contributed by atoms with Crippen LogP contribution in [0.1, 0.15) is 37.3 Å². The van der Waals surface area contributed by atoms with Crippen molar-refractivity contribution in [3.8, 4) is 0 Å². The lowest BCUT2D eigenvalue weighted by atomic mass is 10.1. The van der Waals surface area contributed by atoms with Crippen LogP contribution in [-0.2, 0) is 11.2 Å². The van der Waals surface area contributed by atoms with Crippen molar-refractivity contribution >= 4 is 11.7 Å². The molecule has 1 rings (SSSR count). The molecule has 4 N–H and O–H groups in total. The van der Waals surface area contributed by atoms with Gasteiger partial charge in [-0.1, -0.05) is 49.2 Å². The van der Waals surface area contributed by atoms with Crippen LogP contribution in [0.4, 0.5) is 0 Å². The second-order valence-corrected chi connectivity index (χ2v) is 4.42. The van der Waals surface area contributed by atoms with Gasteiger partial charge in [0.05, 0.1) is 6.42 Å². The second kappa shape index (κ2) is 8.13. The van der Waals surface area contributed by atoms with E-state index in [1.54, 1.807) is 24.3 Å². The predicted molar refractivity (Wildman–Crippen MR) is 75.2 cm³/mol. The highest BCUT2D eigenvalue weighted by Gasteiger charge is 2.04. The average Bonchev–Trinajstić information content (AvgIpc) is 2.43. The van der Waals surface area contributed by atoms with Crippen molar-refractivity contribution in [2.45, 2.75) is 32.6 Å². The molecule has 1 amide bonds. The van der Waals surface area contributed by atoms with E-state index in [1.165, 1.54) is 0 Å². The zero-order valence-electron chi connectivity index (χ0n) is 11.2. The number of nitrogens with two attached hydrogens (primary N) is 1. The Labute approximate surface area is 113 Å². The van der Waals surface area contributed by atoms with Crippen LogP contribution in [0.3, 0.4) is 0 Å². The van der Waals surface area contributed by atoms with Crippen molar-refractivity contribution in [2.24, 2.45) is 10.9 Å². The highest BCUT2D eigenvalue weighted by atomic mass is 16.4.